The molecule has 0 amide bonds. The third-order valence-electron chi connectivity index (χ3n) is 12.6. The number of halogens is 28. The molecule has 0 unspecified atom stereocenters. The van der Waals surface area contributed by atoms with Gasteiger partial charge >= 0.3 is 0 Å². The van der Waals surface area contributed by atoms with Crippen LogP contribution in [0.25, 0.3) is 43.1 Å². The number of rotatable bonds is 5. The van der Waals surface area contributed by atoms with Crippen LogP contribution < -0.4 is 27.2 Å². The lowest BCUT2D eigenvalue weighted by atomic mass is 9.11. The average Bonchev–Trinajstić information content (AvgIpc) is 3.09. The number of hydrogen-bond donors (Lipinski definition) is 1. The largest absolute Gasteiger partial charge is 0.316 e. The average molecular weight is 1150 g/mol. The predicted molar refractivity (Wildman–Crippen MR) is 218 cm³/mol. The van der Waals surface area contributed by atoms with Crippen LogP contribution in [0.3, 0.4) is 0 Å². The van der Waals surface area contributed by atoms with Gasteiger partial charge in [0, 0.05) is 6.07 Å². The van der Waals surface area contributed by atoms with E-state index < -0.39 is 234 Å². The van der Waals surface area contributed by atoms with Crippen molar-refractivity contribution in [1.29, 1.82) is 0 Å². The Labute approximate surface area is 411 Å². The molecule has 0 fully saturated rings. The first-order chi connectivity index (χ1) is 36.3. The number of hydrogen-bond acceptors (Lipinski definition) is 0. The number of benzene rings is 9. The summed E-state index contributed by atoms with van der Waals surface area (Å²) in [6, 6.07) is 8.45. The fourth-order valence-electron chi connectivity index (χ4n) is 9.44. The van der Waals surface area contributed by atoms with Crippen LogP contribution in [0.4, 0.5) is 129 Å². The highest BCUT2D eigenvalue weighted by Crippen LogP contribution is 2.42. The maximum Gasteiger partial charge on any atom is 0.198 e. The lowest BCUT2D eigenvalue weighted by Gasteiger charge is -2.47. The van der Waals surface area contributed by atoms with Gasteiger partial charge in [-0.25, -0.2) is 123 Å². The van der Waals surface area contributed by atoms with Crippen molar-refractivity contribution in [3.05, 3.63) is 193 Å². The Morgan fingerprint density at radius 3 is 0.590 bits per heavy atom. The van der Waals surface area contributed by atoms with Crippen LogP contribution >= 0.6 is 0 Å². The Bertz CT molecular complexity index is 3670. The monoisotopic (exact) mass is 1150 g/mol. The first-order valence-corrected chi connectivity index (χ1v) is 20.6. The molecule has 0 saturated carbocycles. The molecular weight excluding hydrogens is 1130 g/mol. The minimum absolute atomic E-state index is 1.30. The Hall–Kier alpha value is -7.92. The second-order valence-electron chi connectivity index (χ2n) is 16.5. The molecular formula is C48H12BF28N. The summed E-state index contributed by atoms with van der Waals surface area (Å²) >= 11 is 0. The first kappa shape index (κ1) is 56.3. The summed E-state index contributed by atoms with van der Waals surface area (Å²) < 4.78 is 446. The molecule has 9 aromatic carbocycles. The van der Waals surface area contributed by atoms with E-state index in [0.29, 0.717) is 0 Å². The molecule has 0 aliphatic carbocycles. The zero-order valence-electron chi connectivity index (χ0n) is 37.0. The van der Waals surface area contributed by atoms with Crippen molar-refractivity contribution in [3.63, 3.8) is 0 Å². The highest BCUT2D eigenvalue weighted by atomic mass is 19.2. The predicted octanol–water partition coefficient (Wildman–Crippen LogP) is 12.4. The molecule has 0 radical (unpaired) electrons. The molecule has 1 nitrogen and oxygen atoms in total. The van der Waals surface area contributed by atoms with Crippen molar-refractivity contribution < 1.29 is 128 Å². The van der Waals surface area contributed by atoms with Crippen LogP contribution in [0.2, 0.25) is 0 Å². The van der Waals surface area contributed by atoms with E-state index in [4.69, 9.17) is 0 Å². The lowest BCUT2D eigenvalue weighted by molar-refractivity contribution is -0.539. The Kier molecular flexibility index (Phi) is 13.9. The molecule has 0 aliphatic rings. The maximum absolute atomic E-state index is 17.3. The third-order valence-corrected chi connectivity index (χ3v) is 12.6. The van der Waals surface area contributed by atoms with Crippen LogP contribution in [-0.4, -0.2) is 13.2 Å². The first-order valence-electron chi connectivity index (χ1n) is 20.6. The van der Waals surface area contributed by atoms with E-state index in [-0.39, 0.29) is 0 Å². The van der Waals surface area contributed by atoms with Gasteiger partial charge < -0.3 is 5.32 Å². The van der Waals surface area contributed by atoms with E-state index >= 15 is 105 Å². The van der Waals surface area contributed by atoms with Crippen molar-refractivity contribution in [1.82, 2.24) is 0 Å². The molecule has 0 aromatic heterocycles. The summed E-state index contributed by atoms with van der Waals surface area (Å²) in [5.41, 5.74) is -12.9. The molecule has 0 aliphatic heterocycles. The normalized spacial score (nSPS) is 12.0. The summed E-state index contributed by atoms with van der Waals surface area (Å²) in [5, 5.41) is -24.9. The van der Waals surface area contributed by atoms with Crippen LogP contribution in [0.15, 0.2) is 24.3 Å². The SMILES string of the molecule is C[NH2+]c1cccc(C)c1.Fc1c(F)c(F)c2c([B-](c3c(F)c(F)c(F)c4c(F)c(F)c(F)c(F)c34)(c3c(F)c(F)c(F)c4c(F)c(F)c(F)c(F)c34)c3c(F)c(F)c(F)c4c(F)c(F)c(F)c(F)c34)c(F)c(F)c(F)c2c1F. The Balaban J connectivity index is 0.000000810. The van der Waals surface area contributed by atoms with Gasteiger partial charge in [-0.05, 0) is 40.1 Å². The van der Waals surface area contributed by atoms with Gasteiger partial charge in [0.2, 0.25) is 0 Å². The smallest absolute Gasteiger partial charge is 0.198 e. The van der Waals surface area contributed by atoms with Gasteiger partial charge in [0.25, 0.3) is 0 Å². The summed E-state index contributed by atoms with van der Waals surface area (Å²) in [7, 11) is 2.05. The zero-order chi connectivity index (χ0) is 58.3. The van der Waals surface area contributed by atoms with E-state index in [0.717, 1.165) is 0 Å². The molecule has 9 rings (SSSR count). The number of aryl methyl sites for hydroxylation is 1. The number of fused-ring (bicyclic) bond motifs is 4. The molecule has 0 saturated heterocycles. The number of nitrogens with two attached hydrogens (primary N) is 1. The summed E-state index contributed by atoms with van der Waals surface area (Å²) in [6.07, 6.45) is -8.05. The second kappa shape index (κ2) is 19.2. The fourth-order valence-corrected chi connectivity index (χ4v) is 9.44. The van der Waals surface area contributed by atoms with Gasteiger partial charge in [0.1, 0.15) is 35.1 Å². The van der Waals surface area contributed by atoms with Gasteiger partial charge in [0.15, 0.2) is 140 Å². The highest BCUT2D eigenvalue weighted by molar-refractivity contribution is 7.23. The molecule has 0 atom stereocenters. The molecule has 0 spiro atoms. The fraction of sp³-hybridized carbons (Fsp3) is 0.0417. The minimum atomic E-state index is -8.05. The summed E-state index contributed by atoms with van der Waals surface area (Å²) in [6.45, 7) is 2.10. The van der Waals surface area contributed by atoms with Crippen molar-refractivity contribution in [2.45, 2.75) is 6.92 Å². The van der Waals surface area contributed by atoms with Crippen LogP contribution in [0.1, 0.15) is 5.56 Å². The lowest BCUT2D eigenvalue weighted by Crippen LogP contribution is -2.79. The molecule has 0 bridgehead atoms. The molecule has 0 heterocycles. The van der Waals surface area contributed by atoms with E-state index in [9.17, 15) is 17.6 Å². The Morgan fingerprint density at radius 2 is 0.423 bits per heavy atom. The van der Waals surface area contributed by atoms with Crippen molar-refractivity contribution in [2.24, 2.45) is 0 Å². The van der Waals surface area contributed by atoms with Gasteiger partial charge in [-0.2, -0.15) is 0 Å². The summed E-state index contributed by atoms with van der Waals surface area (Å²) in [4.78, 5) is 0. The quantitative estimate of drug-likeness (QED) is 0.0582. The van der Waals surface area contributed by atoms with Gasteiger partial charge in [-0.15, -0.1) is 21.9 Å². The van der Waals surface area contributed by atoms with E-state index in [2.05, 4.69) is 43.6 Å². The maximum atomic E-state index is 17.3. The molecule has 9 aromatic rings. The van der Waals surface area contributed by atoms with Crippen molar-refractivity contribution in [2.75, 3.05) is 7.05 Å². The van der Waals surface area contributed by atoms with E-state index in [1.54, 1.807) is 0 Å². The second-order valence-corrected chi connectivity index (χ2v) is 16.5. The third kappa shape index (κ3) is 7.36. The van der Waals surface area contributed by atoms with Gasteiger partial charge in [0.05, 0.1) is 28.6 Å². The minimum Gasteiger partial charge on any atom is -0.316 e. The van der Waals surface area contributed by atoms with Gasteiger partial charge in [-0.3, -0.25) is 0 Å². The standard InChI is InChI=1S/C40BF28.C8H11N/c42-13-1-5(21(50)37(66)33(13)62)17(46)29(58)25(54)9(1)41(10-2-6(18(47)30(59)26(10)55)22(51)38(67)34(63)14(2)43,11-3-7(19(48)31(60)27(11)56)23(52)39(68)35(64)15(3)44)12-4-8(20(49)32(61)28(12)57)24(53)40(69)36(65)16(4)45;1-7-4-3-5-8(6-7)9-2/h;3-6,9H,1-2H3/q-1;/p+1. The van der Waals surface area contributed by atoms with Crippen LogP contribution in [-0.2, 0) is 0 Å². The number of quaternary nitrogens is 1. The van der Waals surface area contributed by atoms with Crippen molar-refractivity contribution >= 4 is 76.8 Å². The molecule has 408 valence electrons. The zero-order valence-corrected chi connectivity index (χ0v) is 37.0. The van der Waals surface area contributed by atoms with E-state index in [1.165, 1.54) is 11.3 Å². The van der Waals surface area contributed by atoms with Crippen LogP contribution in [0, 0.1) is 170 Å². The Morgan fingerprint density at radius 1 is 0.244 bits per heavy atom. The van der Waals surface area contributed by atoms with Gasteiger partial charge in [-0.1, -0.05) is 12.1 Å². The molecule has 2 N–H and O–H groups in total. The molecule has 30 heteroatoms. The summed E-state index contributed by atoms with van der Waals surface area (Å²) in [5.74, 6) is -104. The van der Waals surface area contributed by atoms with Crippen molar-refractivity contribution in [3.8, 4) is 0 Å². The van der Waals surface area contributed by atoms with E-state index in [1.807, 2.05) is 0 Å². The topological polar surface area (TPSA) is 16.6 Å². The molecule has 78 heavy (non-hydrogen) atoms. The van der Waals surface area contributed by atoms with Crippen LogP contribution in [0.5, 0.6) is 0 Å². The highest BCUT2D eigenvalue weighted by Gasteiger charge is 2.52.